The van der Waals surface area contributed by atoms with E-state index in [1.165, 1.54) is 18.3 Å². The number of piperidine rings is 1. The summed E-state index contributed by atoms with van der Waals surface area (Å²) in [6.45, 7) is 1.73. The van der Waals surface area contributed by atoms with Crippen molar-refractivity contribution in [3.05, 3.63) is 70.4 Å². The number of aromatic nitrogens is 1. The summed E-state index contributed by atoms with van der Waals surface area (Å²) < 4.78 is 44.4. The fourth-order valence-electron chi connectivity index (χ4n) is 5.40. The van der Waals surface area contributed by atoms with Crippen LogP contribution in [-0.4, -0.2) is 41.1 Å². The van der Waals surface area contributed by atoms with Gasteiger partial charge in [-0.2, -0.15) is 13.2 Å². The van der Waals surface area contributed by atoms with Crippen LogP contribution in [0.3, 0.4) is 0 Å². The summed E-state index contributed by atoms with van der Waals surface area (Å²) in [6.07, 6.45) is 3.39. The molecule has 2 heterocycles. The highest BCUT2D eigenvalue weighted by Gasteiger charge is 2.31. The highest BCUT2D eigenvalue weighted by molar-refractivity contribution is 5.58. The first-order valence-electron chi connectivity index (χ1n) is 12.9. The number of rotatable bonds is 7. The van der Waals surface area contributed by atoms with Gasteiger partial charge in [0.1, 0.15) is 0 Å². The molecule has 202 valence electrons. The van der Waals surface area contributed by atoms with Crippen molar-refractivity contribution in [2.45, 2.75) is 62.8 Å². The quantitative estimate of drug-likeness (QED) is 0.276. The fourth-order valence-corrected chi connectivity index (χ4v) is 5.40. The monoisotopic (exact) mass is 529 g/mol. The molecule has 8 nitrogen and oxygen atoms in total. The van der Waals surface area contributed by atoms with Gasteiger partial charge in [0, 0.05) is 54.6 Å². The molecule has 0 bridgehead atoms. The highest BCUT2D eigenvalue weighted by atomic mass is 19.4. The van der Waals surface area contributed by atoms with Crippen molar-refractivity contribution in [1.29, 1.82) is 0 Å². The summed E-state index contributed by atoms with van der Waals surface area (Å²) in [5.74, 6) is 0.410. The summed E-state index contributed by atoms with van der Waals surface area (Å²) in [5, 5.41) is 18.2. The maximum Gasteiger partial charge on any atom is 0.416 e. The van der Waals surface area contributed by atoms with Crippen LogP contribution in [-0.2, 0) is 6.18 Å². The Morgan fingerprint density at radius 2 is 1.68 bits per heavy atom. The van der Waals surface area contributed by atoms with Crippen LogP contribution in [0.25, 0.3) is 11.3 Å². The molecule has 3 atom stereocenters. The number of hydrogen-bond acceptors (Lipinski definition) is 7. The van der Waals surface area contributed by atoms with Gasteiger partial charge in [0.15, 0.2) is 5.76 Å². The summed E-state index contributed by atoms with van der Waals surface area (Å²) >= 11 is 0. The van der Waals surface area contributed by atoms with E-state index in [9.17, 15) is 23.3 Å². The van der Waals surface area contributed by atoms with E-state index in [4.69, 9.17) is 4.42 Å². The maximum absolute atomic E-state index is 12.9. The largest absolute Gasteiger partial charge is 0.424 e. The third-order valence-electron chi connectivity index (χ3n) is 7.37. The molecule has 0 spiro atoms. The molecule has 2 aliphatic rings. The zero-order valence-corrected chi connectivity index (χ0v) is 20.8. The molecule has 38 heavy (non-hydrogen) atoms. The van der Waals surface area contributed by atoms with Gasteiger partial charge in [0.05, 0.1) is 16.7 Å². The van der Waals surface area contributed by atoms with Crippen LogP contribution in [0.5, 0.6) is 0 Å². The molecule has 1 unspecified atom stereocenters. The van der Waals surface area contributed by atoms with Crippen LogP contribution in [0.2, 0.25) is 0 Å². The van der Waals surface area contributed by atoms with Gasteiger partial charge in [-0.05, 0) is 49.9 Å². The molecule has 1 saturated carbocycles. The molecule has 3 aromatic rings. The van der Waals surface area contributed by atoms with Gasteiger partial charge in [-0.1, -0.05) is 25.0 Å². The highest BCUT2D eigenvalue weighted by Crippen LogP contribution is 2.32. The fraction of sp³-hybridized carbons (Fsp3) is 0.444. The van der Waals surface area contributed by atoms with Gasteiger partial charge >= 0.3 is 6.18 Å². The third kappa shape index (κ3) is 6.09. The van der Waals surface area contributed by atoms with E-state index < -0.39 is 11.7 Å². The molecule has 11 heteroatoms. The first-order chi connectivity index (χ1) is 18.3. The Morgan fingerprint density at radius 3 is 2.37 bits per heavy atom. The standard InChI is InChI=1S/C27H30F3N5O3/c28-27(29,30)19-9-7-18(8-10-19)25-16-31-26(38-25)33-24-6-2-1-5-23(24)32-20-4-3-15-34(17-20)21-11-13-22(14-12-21)35(36)37/h7-14,16,20,23-24,32H,1-6,15,17H2,(H,31,33)/t20?,23-,24-/m1/s1. The van der Waals surface area contributed by atoms with Crippen LogP contribution < -0.4 is 15.5 Å². The lowest BCUT2D eigenvalue weighted by molar-refractivity contribution is -0.384. The minimum Gasteiger partial charge on any atom is -0.424 e. The lowest BCUT2D eigenvalue weighted by Gasteiger charge is -2.40. The number of nitro groups is 1. The maximum atomic E-state index is 12.9. The first kappa shape index (κ1) is 26.0. The third-order valence-corrected chi connectivity index (χ3v) is 7.37. The molecule has 0 amide bonds. The van der Waals surface area contributed by atoms with Crippen molar-refractivity contribution in [1.82, 2.24) is 10.3 Å². The molecule has 2 fully saturated rings. The van der Waals surface area contributed by atoms with E-state index in [-0.39, 0.29) is 28.7 Å². The molecule has 1 aliphatic heterocycles. The van der Waals surface area contributed by atoms with Crippen molar-refractivity contribution in [3.63, 3.8) is 0 Å². The number of alkyl halides is 3. The predicted molar refractivity (Wildman–Crippen MR) is 138 cm³/mol. The van der Waals surface area contributed by atoms with Crippen molar-refractivity contribution in [3.8, 4) is 11.3 Å². The van der Waals surface area contributed by atoms with Gasteiger partial charge in [-0.25, -0.2) is 4.98 Å². The number of non-ortho nitro benzene ring substituents is 1. The van der Waals surface area contributed by atoms with Gasteiger partial charge < -0.3 is 20.0 Å². The van der Waals surface area contributed by atoms with Crippen LogP contribution >= 0.6 is 0 Å². The molecule has 2 N–H and O–H groups in total. The average molecular weight is 530 g/mol. The van der Waals surface area contributed by atoms with E-state index >= 15 is 0 Å². The predicted octanol–water partition coefficient (Wildman–Crippen LogP) is 6.25. The topological polar surface area (TPSA) is 96.5 Å². The Kier molecular flexibility index (Phi) is 7.55. The number of benzene rings is 2. The zero-order valence-electron chi connectivity index (χ0n) is 20.8. The number of anilines is 2. The lowest BCUT2D eigenvalue weighted by atomic mass is 9.89. The van der Waals surface area contributed by atoms with Gasteiger partial charge in [-0.15, -0.1) is 0 Å². The number of oxazole rings is 1. The molecule has 1 saturated heterocycles. The van der Waals surface area contributed by atoms with Crippen molar-refractivity contribution in [2.24, 2.45) is 0 Å². The van der Waals surface area contributed by atoms with Gasteiger partial charge in [-0.3, -0.25) is 10.1 Å². The minimum absolute atomic E-state index is 0.0876. The molecule has 0 radical (unpaired) electrons. The minimum atomic E-state index is -4.38. The lowest BCUT2D eigenvalue weighted by Crippen LogP contribution is -2.54. The summed E-state index contributed by atoms with van der Waals surface area (Å²) in [4.78, 5) is 17.2. The summed E-state index contributed by atoms with van der Waals surface area (Å²) in [7, 11) is 0. The second-order valence-corrected chi connectivity index (χ2v) is 9.97. The Bertz CT molecular complexity index is 1230. The smallest absolute Gasteiger partial charge is 0.416 e. The number of nitro benzene ring substituents is 1. The van der Waals surface area contributed by atoms with Crippen LogP contribution in [0.1, 0.15) is 44.1 Å². The van der Waals surface area contributed by atoms with Crippen molar-refractivity contribution < 1.29 is 22.5 Å². The van der Waals surface area contributed by atoms with Crippen LogP contribution in [0.4, 0.5) is 30.6 Å². The Morgan fingerprint density at radius 1 is 0.974 bits per heavy atom. The second kappa shape index (κ2) is 11.0. The Balaban J connectivity index is 1.21. The van der Waals surface area contributed by atoms with Crippen molar-refractivity contribution in [2.75, 3.05) is 23.3 Å². The molecular weight excluding hydrogens is 499 g/mol. The van der Waals surface area contributed by atoms with E-state index in [1.54, 1.807) is 12.1 Å². The molecule has 2 aromatic carbocycles. The second-order valence-electron chi connectivity index (χ2n) is 9.97. The Hall–Kier alpha value is -3.60. The van der Waals surface area contributed by atoms with Crippen LogP contribution in [0.15, 0.2) is 59.1 Å². The van der Waals surface area contributed by atoms with Crippen LogP contribution in [0, 0.1) is 10.1 Å². The normalized spacial score (nSPS) is 22.3. The number of nitrogens with zero attached hydrogens (tertiary/aromatic N) is 3. The summed E-state index contributed by atoms with van der Waals surface area (Å²) in [6, 6.07) is 12.5. The first-order valence-corrected chi connectivity index (χ1v) is 12.9. The van der Waals surface area contributed by atoms with E-state index in [1.807, 2.05) is 12.1 Å². The Labute approximate surface area is 218 Å². The summed E-state index contributed by atoms with van der Waals surface area (Å²) in [5.41, 5.74) is 0.899. The van der Waals surface area contributed by atoms with E-state index in [2.05, 4.69) is 20.5 Å². The van der Waals surface area contributed by atoms with E-state index in [0.29, 0.717) is 17.3 Å². The zero-order chi connectivity index (χ0) is 26.7. The number of halogens is 3. The molecular formula is C27H30F3N5O3. The van der Waals surface area contributed by atoms with Gasteiger partial charge in [0.25, 0.3) is 11.7 Å². The molecule has 1 aromatic heterocycles. The van der Waals surface area contributed by atoms with E-state index in [0.717, 1.165) is 69.4 Å². The number of nitrogens with one attached hydrogen (secondary N) is 2. The number of hydrogen-bond donors (Lipinski definition) is 2. The van der Waals surface area contributed by atoms with Crippen molar-refractivity contribution >= 4 is 17.4 Å². The molecule has 1 aliphatic carbocycles. The van der Waals surface area contributed by atoms with Gasteiger partial charge in [0.2, 0.25) is 0 Å². The SMILES string of the molecule is O=[N+]([O-])c1ccc(N2CCCC(N[C@@H]3CCCC[C@H]3Nc3ncc(-c4ccc(C(F)(F)F)cc4)o3)C2)cc1. The molecule has 5 rings (SSSR count). The average Bonchev–Trinajstić information content (AvgIpc) is 3.38.